The van der Waals surface area contributed by atoms with E-state index < -0.39 is 10.0 Å². The Morgan fingerprint density at radius 2 is 1.76 bits per heavy atom. The molecule has 0 aliphatic carbocycles. The molecule has 0 aliphatic rings. The smallest absolute Gasteiger partial charge is 0.215 e. The van der Waals surface area contributed by atoms with Crippen molar-refractivity contribution in [3.8, 4) is 0 Å². The van der Waals surface area contributed by atoms with Gasteiger partial charge in [0.25, 0.3) is 0 Å². The van der Waals surface area contributed by atoms with Crippen molar-refractivity contribution in [3.63, 3.8) is 0 Å². The lowest BCUT2D eigenvalue weighted by atomic mass is 10.2. The quantitative estimate of drug-likeness (QED) is 0.640. The van der Waals surface area contributed by atoms with E-state index in [0.717, 1.165) is 6.54 Å². The average molecular weight is 265 g/mol. The van der Waals surface area contributed by atoms with E-state index in [1.807, 2.05) is 32.8 Å². The fraction of sp³-hybridized carbons (Fsp3) is 1.00. The predicted molar refractivity (Wildman–Crippen MR) is 72.7 cm³/mol. The Hall–Kier alpha value is -0.170. The highest BCUT2D eigenvalue weighted by Crippen LogP contribution is 2.06. The summed E-state index contributed by atoms with van der Waals surface area (Å²) in [5.74, 6) is 0.519. The maximum absolute atomic E-state index is 12.1. The SMILES string of the molecule is CNCCS(=O)(=O)N(CCN(C)C)CC(C)C. The molecule has 0 aromatic rings. The Morgan fingerprint density at radius 3 is 2.18 bits per heavy atom. The lowest BCUT2D eigenvalue weighted by molar-refractivity contribution is 0.312. The van der Waals surface area contributed by atoms with Crippen LogP contribution in [0.4, 0.5) is 0 Å². The minimum absolute atomic E-state index is 0.170. The van der Waals surface area contributed by atoms with Gasteiger partial charge in [-0.1, -0.05) is 13.8 Å². The van der Waals surface area contributed by atoms with E-state index in [0.29, 0.717) is 25.6 Å². The van der Waals surface area contributed by atoms with Gasteiger partial charge in [-0.3, -0.25) is 0 Å². The molecular formula is C11H27N3O2S. The standard InChI is InChI=1S/C11H27N3O2S/c1-11(2)10-14(8-7-13(4)5)17(15,16)9-6-12-3/h11-12H,6-10H2,1-5H3. The summed E-state index contributed by atoms with van der Waals surface area (Å²) >= 11 is 0. The summed E-state index contributed by atoms with van der Waals surface area (Å²) < 4.78 is 25.8. The first-order chi connectivity index (χ1) is 7.79. The van der Waals surface area contributed by atoms with E-state index in [2.05, 4.69) is 5.32 Å². The number of hydrogen-bond donors (Lipinski definition) is 1. The van der Waals surface area contributed by atoms with Gasteiger partial charge in [0.1, 0.15) is 0 Å². The highest BCUT2D eigenvalue weighted by molar-refractivity contribution is 7.89. The fourth-order valence-electron chi connectivity index (χ4n) is 1.42. The van der Waals surface area contributed by atoms with Crippen molar-refractivity contribution in [2.24, 2.45) is 5.92 Å². The van der Waals surface area contributed by atoms with Crippen molar-refractivity contribution < 1.29 is 8.42 Å². The molecule has 0 saturated carbocycles. The van der Waals surface area contributed by atoms with Crippen molar-refractivity contribution in [2.75, 3.05) is 53.1 Å². The molecule has 6 heteroatoms. The van der Waals surface area contributed by atoms with Gasteiger partial charge in [-0.2, -0.15) is 0 Å². The number of hydrogen-bond acceptors (Lipinski definition) is 4. The highest BCUT2D eigenvalue weighted by atomic mass is 32.2. The van der Waals surface area contributed by atoms with Crippen LogP contribution >= 0.6 is 0 Å². The molecule has 0 unspecified atom stereocenters. The zero-order chi connectivity index (χ0) is 13.5. The molecule has 0 spiro atoms. The third-order valence-electron chi connectivity index (χ3n) is 2.37. The number of nitrogens with one attached hydrogen (secondary N) is 1. The lowest BCUT2D eigenvalue weighted by Gasteiger charge is -2.25. The Morgan fingerprint density at radius 1 is 1.18 bits per heavy atom. The second kappa shape index (κ2) is 8.02. The van der Waals surface area contributed by atoms with Crippen LogP contribution in [0.2, 0.25) is 0 Å². The zero-order valence-corrected chi connectivity index (χ0v) is 12.5. The molecule has 0 fully saturated rings. The minimum Gasteiger partial charge on any atom is -0.319 e. The average Bonchev–Trinajstić information content (AvgIpc) is 2.20. The second-order valence-electron chi connectivity index (χ2n) is 4.97. The molecule has 1 N–H and O–H groups in total. The molecule has 0 amide bonds. The van der Waals surface area contributed by atoms with Crippen molar-refractivity contribution in [1.82, 2.24) is 14.5 Å². The molecule has 0 saturated heterocycles. The molecule has 0 aromatic heterocycles. The van der Waals surface area contributed by atoms with Crippen LogP contribution in [0.5, 0.6) is 0 Å². The number of sulfonamides is 1. The third-order valence-corrected chi connectivity index (χ3v) is 4.21. The van der Waals surface area contributed by atoms with Gasteiger partial charge in [-0.25, -0.2) is 12.7 Å². The summed E-state index contributed by atoms with van der Waals surface area (Å²) in [7, 11) is 2.54. The second-order valence-corrected chi connectivity index (χ2v) is 7.06. The maximum Gasteiger partial charge on any atom is 0.215 e. The van der Waals surface area contributed by atoms with Gasteiger partial charge < -0.3 is 10.2 Å². The van der Waals surface area contributed by atoms with Crippen LogP contribution in [-0.2, 0) is 10.0 Å². The van der Waals surface area contributed by atoms with Gasteiger partial charge in [0.15, 0.2) is 0 Å². The summed E-state index contributed by atoms with van der Waals surface area (Å²) in [4.78, 5) is 2.00. The van der Waals surface area contributed by atoms with E-state index in [1.54, 1.807) is 11.4 Å². The van der Waals surface area contributed by atoms with Crippen LogP contribution in [0.25, 0.3) is 0 Å². The minimum atomic E-state index is -3.13. The van der Waals surface area contributed by atoms with Gasteiger partial charge in [-0.05, 0) is 27.1 Å². The summed E-state index contributed by atoms with van der Waals surface area (Å²) in [6.45, 7) is 6.49. The molecule has 104 valence electrons. The third kappa shape index (κ3) is 7.70. The van der Waals surface area contributed by atoms with Crippen LogP contribution in [0.3, 0.4) is 0 Å². The van der Waals surface area contributed by atoms with Crippen molar-refractivity contribution in [1.29, 1.82) is 0 Å². The molecule has 0 heterocycles. The van der Waals surface area contributed by atoms with Crippen LogP contribution in [-0.4, -0.2) is 70.7 Å². The Bertz CT molecular complexity index is 289. The van der Waals surface area contributed by atoms with Gasteiger partial charge in [0.2, 0.25) is 10.0 Å². The van der Waals surface area contributed by atoms with E-state index in [-0.39, 0.29) is 5.75 Å². The molecule has 0 bridgehead atoms. The first kappa shape index (κ1) is 16.8. The largest absolute Gasteiger partial charge is 0.319 e. The Labute approximate surface area is 106 Å². The maximum atomic E-state index is 12.1. The van der Waals surface area contributed by atoms with E-state index in [4.69, 9.17) is 0 Å². The summed E-state index contributed by atoms with van der Waals surface area (Å²) in [6, 6.07) is 0. The van der Waals surface area contributed by atoms with Crippen molar-refractivity contribution in [2.45, 2.75) is 13.8 Å². The summed E-state index contributed by atoms with van der Waals surface area (Å²) in [5.41, 5.74) is 0. The van der Waals surface area contributed by atoms with Gasteiger partial charge in [-0.15, -0.1) is 0 Å². The molecule has 17 heavy (non-hydrogen) atoms. The van der Waals surface area contributed by atoms with Crippen molar-refractivity contribution >= 4 is 10.0 Å². The lowest BCUT2D eigenvalue weighted by Crippen LogP contribution is -2.41. The normalized spacial score (nSPS) is 12.9. The van der Waals surface area contributed by atoms with Crippen molar-refractivity contribution in [3.05, 3.63) is 0 Å². The topological polar surface area (TPSA) is 52.7 Å². The monoisotopic (exact) mass is 265 g/mol. The zero-order valence-electron chi connectivity index (χ0n) is 11.7. The van der Waals surface area contributed by atoms with Gasteiger partial charge >= 0.3 is 0 Å². The first-order valence-electron chi connectivity index (χ1n) is 6.06. The van der Waals surface area contributed by atoms with E-state index in [1.165, 1.54) is 0 Å². The first-order valence-corrected chi connectivity index (χ1v) is 7.67. The molecule has 0 atom stereocenters. The van der Waals surface area contributed by atoms with E-state index >= 15 is 0 Å². The molecule has 0 rings (SSSR count). The molecular weight excluding hydrogens is 238 g/mol. The molecule has 0 radical (unpaired) electrons. The molecule has 5 nitrogen and oxygen atoms in total. The number of likely N-dealkylation sites (N-methyl/N-ethyl adjacent to an activating group) is 1. The van der Waals surface area contributed by atoms with E-state index in [9.17, 15) is 8.42 Å². The highest BCUT2D eigenvalue weighted by Gasteiger charge is 2.22. The van der Waals surface area contributed by atoms with Gasteiger partial charge in [0.05, 0.1) is 5.75 Å². The Balaban J connectivity index is 4.54. The number of rotatable bonds is 9. The summed E-state index contributed by atoms with van der Waals surface area (Å²) in [6.07, 6.45) is 0. The molecule has 0 aliphatic heterocycles. The van der Waals surface area contributed by atoms with Gasteiger partial charge in [0, 0.05) is 26.2 Å². The fourth-order valence-corrected chi connectivity index (χ4v) is 3.03. The van der Waals surface area contributed by atoms with Crippen LogP contribution in [0.1, 0.15) is 13.8 Å². The Kier molecular flexibility index (Phi) is 7.94. The number of nitrogens with zero attached hydrogens (tertiary/aromatic N) is 2. The summed E-state index contributed by atoms with van der Waals surface area (Å²) in [5, 5.41) is 2.88. The van der Waals surface area contributed by atoms with Crippen LogP contribution in [0.15, 0.2) is 0 Å². The molecule has 0 aromatic carbocycles. The van der Waals surface area contributed by atoms with Crippen LogP contribution in [0, 0.1) is 5.92 Å². The van der Waals surface area contributed by atoms with Crippen LogP contribution < -0.4 is 5.32 Å². The predicted octanol–water partition coefficient (Wildman–Crippen LogP) is 0.0552.